The van der Waals surface area contributed by atoms with Gasteiger partial charge in [0.2, 0.25) is 0 Å². The van der Waals surface area contributed by atoms with E-state index in [9.17, 15) is 26.4 Å². The normalized spacial score (nSPS) is 11.6. The van der Waals surface area contributed by atoms with Crippen molar-refractivity contribution in [1.29, 1.82) is 0 Å². The van der Waals surface area contributed by atoms with Gasteiger partial charge >= 0.3 is 0 Å². The molecule has 2 aromatic heterocycles. The van der Waals surface area contributed by atoms with E-state index in [0.717, 1.165) is 64.8 Å². The second-order valence-electron chi connectivity index (χ2n) is 15.6. The van der Waals surface area contributed by atoms with E-state index >= 15 is 0 Å². The number of nitrogens with one attached hydrogen (secondary N) is 4. The summed E-state index contributed by atoms with van der Waals surface area (Å²) in [6, 6.07) is 40.4. The number of amides is 2. The first-order chi connectivity index (χ1) is 32.6. The minimum absolute atomic E-state index is 0.0954. The van der Waals surface area contributed by atoms with Crippen LogP contribution in [0.3, 0.4) is 0 Å². The number of aromatic nitrogens is 2. The number of aryl methyl sites for hydroxylation is 2. The number of nitrogens with zero attached hydrogens (tertiary/aromatic N) is 2. The van der Waals surface area contributed by atoms with E-state index in [1.165, 1.54) is 62.8 Å². The van der Waals surface area contributed by atoms with E-state index in [-0.39, 0.29) is 34.0 Å². The Balaban J connectivity index is 0.845. The molecule has 0 unspecified atom stereocenters. The van der Waals surface area contributed by atoms with E-state index in [1.54, 1.807) is 46.9 Å². The topological polar surface area (TPSA) is 195 Å². The third kappa shape index (κ3) is 9.75. The highest BCUT2D eigenvalue weighted by molar-refractivity contribution is 7.93. The van der Waals surface area contributed by atoms with E-state index in [0.29, 0.717) is 11.4 Å². The van der Waals surface area contributed by atoms with Crippen LogP contribution in [0.25, 0.3) is 41.6 Å². The zero-order valence-corrected chi connectivity index (χ0v) is 39.9. The number of sulfonamides is 2. The van der Waals surface area contributed by atoms with Gasteiger partial charge in [-0.3, -0.25) is 19.0 Å². The molecule has 0 aliphatic rings. The standard InChI is InChI=1S/C50H40N6O8S4/c1-29-5-23-39-43(25-29)65-49(53-39)33-11-15-35(16-12-33)51-47(57)31-7-19-37(20-8-31)55-67(59,60)45-28-46(42(64-4)27-41(45)63-3)68(61,62)56-38-21-9-32(10-22-38)48(58)52-36-17-13-34(14-18-36)50-54-40-24-6-30(2)26-44(40)66-50/h5-28,55-56H,1-4H3,(H,51,57)(H,52,58). The van der Waals surface area contributed by atoms with E-state index in [2.05, 4.69) is 32.2 Å². The van der Waals surface area contributed by atoms with Gasteiger partial charge in [0.15, 0.2) is 0 Å². The number of ether oxygens (including phenoxy) is 2. The minimum Gasteiger partial charge on any atom is -0.495 e. The van der Waals surface area contributed by atoms with Crippen molar-refractivity contribution in [2.75, 3.05) is 34.3 Å². The van der Waals surface area contributed by atoms with Crippen molar-refractivity contribution in [3.8, 4) is 32.6 Å². The molecule has 4 N–H and O–H groups in total. The molecule has 2 heterocycles. The quantitative estimate of drug-likeness (QED) is 0.0814. The average Bonchev–Trinajstić information content (AvgIpc) is 3.96. The molecule has 0 atom stereocenters. The fourth-order valence-electron chi connectivity index (χ4n) is 7.17. The summed E-state index contributed by atoms with van der Waals surface area (Å²) in [5, 5.41) is 7.43. The first-order valence-corrected chi connectivity index (χ1v) is 25.3. The lowest BCUT2D eigenvalue weighted by Crippen LogP contribution is -2.18. The molecule has 7 aromatic carbocycles. The molecule has 0 saturated heterocycles. The molecule has 9 aromatic rings. The first kappa shape index (κ1) is 45.5. The lowest BCUT2D eigenvalue weighted by atomic mass is 10.1. The summed E-state index contributed by atoms with van der Waals surface area (Å²) in [5.41, 5.74) is 7.81. The van der Waals surface area contributed by atoms with Crippen molar-refractivity contribution in [2.24, 2.45) is 0 Å². The molecule has 342 valence electrons. The molecular formula is C50H40N6O8S4. The fourth-order valence-corrected chi connectivity index (χ4v) is 11.9. The minimum atomic E-state index is -4.50. The lowest BCUT2D eigenvalue weighted by Gasteiger charge is -2.17. The van der Waals surface area contributed by atoms with Crippen LogP contribution in [-0.2, 0) is 20.0 Å². The predicted molar refractivity (Wildman–Crippen MR) is 270 cm³/mol. The maximum Gasteiger partial charge on any atom is 0.265 e. The van der Waals surface area contributed by atoms with Crippen LogP contribution in [0.2, 0.25) is 0 Å². The number of rotatable bonds is 14. The average molecular weight is 981 g/mol. The van der Waals surface area contributed by atoms with Gasteiger partial charge in [-0.05, 0) is 152 Å². The Kier molecular flexibility index (Phi) is 12.4. The van der Waals surface area contributed by atoms with Crippen LogP contribution < -0.4 is 29.6 Å². The lowest BCUT2D eigenvalue weighted by molar-refractivity contribution is 0.101. The first-order valence-electron chi connectivity index (χ1n) is 20.7. The SMILES string of the molecule is COc1cc(OC)c(S(=O)(=O)Nc2ccc(C(=O)Nc3ccc(-c4nc5ccc(C)cc5s4)cc3)cc2)cc1S(=O)(=O)Nc1ccc(C(=O)Nc2ccc(-c3nc4ccc(C)cc4s3)cc2)cc1. The summed E-state index contributed by atoms with van der Waals surface area (Å²) in [6.07, 6.45) is 0. The summed E-state index contributed by atoms with van der Waals surface area (Å²) >= 11 is 3.18. The Hall–Kier alpha value is -7.64. The van der Waals surface area contributed by atoms with Crippen molar-refractivity contribution >= 4 is 97.7 Å². The number of methoxy groups -OCH3 is 2. The third-order valence-corrected chi connectivity index (χ3v) is 15.6. The van der Waals surface area contributed by atoms with Crippen LogP contribution in [-0.4, -0.2) is 52.8 Å². The van der Waals surface area contributed by atoms with Gasteiger partial charge in [-0.25, -0.2) is 26.8 Å². The van der Waals surface area contributed by atoms with Gasteiger partial charge in [-0.15, -0.1) is 22.7 Å². The summed E-state index contributed by atoms with van der Waals surface area (Å²) < 4.78 is 73.2. The molecular weight excluding hydrogens is 941 g/mol. The van der Waals surface area contributed by atoms with E-state index < -0.39 is 41.7 Å². The van der Waals surface area contributed by atoms with Gasteiger partial charge in [-0.2, -0.15) is 0 Å². The van der Waals surface area contributed by atoms with Gasteiger partial charge in [0, 0.05) is 51.1 Å². The van der Waals surface area contributed by atoms with Crippen LogP contribution in [0.1, 0.15) is 31.8 Å². The molecule has 2 amide bonds. The number of carbonyl (C=O) groups is 2. The van der Waals surface area contributed by atoms with Crippen LogP contribution in [0.15, 0.2) is 155 Å². The smallest absolute Gasteiger partial charge is 0.265 e. The Morgan fingerprint density at radius 1 is 0.471 bits per heavy atom. The number of hydrogen-bond donors (Lipinski definition) is 4. The molecule has 0 spiro atoms. The van der Waals surface area contributed by atoms with Gasteiger partial charge in [0.25, 0.3) is 31.9 Å². The van der Waals surface area contributed by atoms with Crippen LogP contribution in [0.4, 0.5) is 22.7 Å². The van der Waals surface area contributed by atoms with Crippen LogP contribution in [0.5, 0.6) is 11.5 Å². The number of thiazole rings is 2. The van der Waals surface area contributed by atoms with Crippen molar-refractivity contribution in [3.05, 3.63) is 168 Å². The predicted octanol–water partition coefficient (Wildman–Crippen LogP) is 11.0. The van der Waals surface area contributed by atoms with Crippen molar-refractivity contribution in [1.82, 2.24) is 9.97 Å². The molecule has 14 nitrogen and oxygen atoms in total. The molecule has 9 rings (SSSR count). The maximum atomic E-state index is 13.9. The zero-order valence-electron chi connectivity index (χ0n) is 36.6. The number of benzene rings is 7. The maximum absolute atomic E-state index is 13.9. The number of anilines is 4. The van der Waals surface area contributed by atoms with Crippen molar-refractivity contribution in [2.45, 2.75) is 23.6 Å². The Labute approximate surface area is 399 Å². The largest absolute Gasteiger partial charge is 0.495 e. The fraction of sp³-hybridized carbons (Fsp3) is 0.0800. The molecule has 0 aliphatic heterocycles. The van der Waals surface area contributed by atoms with Gasteiger partial charge in [0.1, 0.15) is 31.3 Å². The Morgan fingerprint density at radius 2 is 0.838 bits per heavy atom. The Morgan fingerprint density at radius 3 is 1.21 bits per heavy atom. The number of fused-ring (bicyclic) bond motifs is 2. The summed E-state index contributed by atoms with van der Waals surface area (Å²) in [7, 11) is -6.52. The summed E-state index contributed by atoms with van der Waals surface area (Å²) in [5.74, 6) is -1.22. The summed E-state index contributed by atoms with van der Waals surface area (Å²) in [6.45, 7) is 4.07. The molecule has 0 bridgehead atoms. The highest BCUT2D eigenvalue weighted by atomic mass is 32.2. The molecule has 0 saturated carbocycles. The highest BCUT2D eigenvalue weighted by Crippen LogP contribution is 2.37. The van der Waals surface area contributed by atoms with Crippen molar-refractivity contribution in [3.63, 3.8) is 0 Å². The number of carbonyl (C=O) groups excluding carboxylic acids is 2. The molecule has 0 aliphatic carbocycles. The van der Waals surface area contributed by atoms with Crippen LogP contribution >= 0.6 is 22.7 Å². The van der Waals surface area contributed by atoms with Crippen LogP contribution in [0, 0.1) is 13.8 Å². The number of hydrogen-bond acceptors (Lipinski definition) is 12. The van der Waals surface area contributed by atoms with Gasteiger partial charge in [0.05, 0.1) is 34.7 Å². The summed E-state index contributed by atoms with van der Waals surface area (Å²) in [4.78, 5) is 34.8. The van der Waals surface area contributed by atoms with E-state index in [1.807, 2.05) is 62.4 Å². The van der Waals surface area contributed by atoms with Crippen molar-refractivity contribution < 1.29 is 35.9 Å². The second-order valence-corrected chi connectivity index (χ2v) is 20.9. The highest BCUT2D eigenvalue weighted by Gasteiger charge is 2.29. The molecule has 18 heteroatoms. The van der Waals surface area contributed by atoms with Gasteiger partial charge in [-0.1, -0.05) is 12.1 Å². The Bertz CT molecular complexity index is 3380. The molecule has 0 radical (unpaired) electrons. The monoisotopic (exact) mass is 980 g/mol. The van der Waals surface area contributed by atoms with E-state index in [4.69, 9.17) is 19.4 Å². The van der Waals surface area contributed by atoms with Gasteiger partial charge < -0.3 is 20.1 Å². The second kappa shape index (κ2) is 18.6. The third-order valence-electron chi connectivity index (χ3n) is 10.7. The molecule has 68 heavy (non-hydrogen) atoms. The molecule has 0 fully saturated rings. The zero-order chi connectivity index (χ0) is 47.7.